The highest BCUT2D eigenvalue weighted by Gasteiger charge is 2.13. The van der Waals surface area contributed by atoms with Crippen LogP contribution in [0.2, 0.25) is 0 Å². The number of fused-ring (bicyclic) bond motifs is 1. The minimum absolute atomic E-state index is 0.854. The molecule has 0 atom stereocenters. The van der Waals surface area contributed by atoms with Gasteiger partial charge in [-0.3, -0.25) is 4.98 Å². The van der Waals surface area contributed by atoms with Crippen molar-refractivity contribution in [3.8, 4) is 0 Å². The van der Waals surface area contributed by atoms with Gasteiger partial charge in [-0.15, -0.1) is 0 Å². The van der Waals surface area contributed by atoms with E-state index in [9.17, 15) is 0 Å². The lowest BCUT2D eigenvalue weighted by molar-refractivity contribution is 0.728. The number of hydrogen-bond donors (Lipinski definition) is 1. The van der Waals surface area contributed by atoms with E-state index < -0.39 is 0 Å². The Morgan fingerprint density at radius 1 is 1.70 bits per heavy atom. The highest BCUT2D eigenvalue weighted by molar-refractivity contribution is 5.51. The van der Waals surface area contributed by atoms with E-state index in [-0.39, 0.29) is 0 Å². The van der Waals surface area contributed by atoms with Crippen LogP contribution < -0.4 is 10.4 Å². The van der Waals surface area contributed by atoms with Crippen molar-refractivity contribution >= 4 is 5.69 Å². The number of hydrazine groups is 1. The van der Waals surface area contributed by atoms with E-state index in [0.29, 0.717) is 0 Å². The minimum atomic E-state index is 0.854. The Morgan fingerprint density at radius 3 is 3.40 bits per heavy atom. The van der Waals surface area contributed by atoms with E-state index in [1.807, 2.05) is 24.3 Å². The molecule has 1 aliphatic heterocycles. The first-order valence-electron chi connectivity index (χ1n) is 3.29. The van der Waals surface area contributed by atoms with E-state index in [1.54, 1.807) is 0 Å². The molecule has 52 valence electrons. The molecular formula is C7H9N3. The molecule has 0 aromatic carbocycles. The molecule has 0 unspecified atom stereocenters. The fourth-order valence-electron chi connectivity index (χ4n) is 1.15. The zero-order chi connectivity index (χ0) is 6.97. The van der Waals surface area contributed by atoms with Crippen LogP contribution in [0.15, 0.2) is 18.3 Å². The van der Waals surface area contributed by atoms with Gasteiger partial charge in [0.2, 0.25) is 0 Å². The van der Waals surface area contributed by atoms with Gasteiger partial charge in [-0.25, -0.2) is 5.43 Å². The summed E-state index contributed by atoms with van der Waals surface area (Å²) < 4.78 is 0. The molecule has 0 radical (unpaired) electrons. The van der Waals surface area contributed by atoms with E-state index in [2.05, 4.69) is 16.5 Å². The average molecular weight is 135 g/mol. The maximum Gasteiger partial charge on any atom is 0.0806 e. The van der Waals surface area contributed by atoms with E-state index >= 15 is 0 Å². The second kappa shape index (κ2) is 1.95. The first-order valence-corrected chi connectivity index (χ1v) is 3.29. The quantitative estimate of drug-likeness (QED) is 0.562. The maximum absolute atomic E-state index is 4.21. The molecule has 2 rings (SSSR count). The van der Waals surface area contributed by atoms with Crippen LogP contribution in [0.4, 0.5) is 5.69 Å². The van der Waals surface area contributed by atoms with Crippen LogP contribution in [0.1, 0.15) is 5.69 Å². The monoisotopic (exact) mass is 135 g/mol. The van der Waals surface area contributed by atoms with Gasteiger partial charge in [-0.1, -0.05) is 0 Å². The fourth-order valence-corrected chi connectivity index (χ4v) is 1.15. The molecule has 3 heteroatoms. The third-order valence-corrected chi connectivity index (χ3v) is 1.71. The third kappa shape index (κ3) is 0.675. The summed E-state index contributed by atoms with van der Waals surface area (Å²) in [4.78, 5) is 4.21. The average Bonchev–Trinajstić information content (AvgIpc) is 2.34. The zero-order valence-electron chi connectivity index (χ0n) is 5.83. The summed E-state index contributed by atoms with van der Waals surface area (Å²) in [6.45, 7) is 0.854. The molecule has 3 nitrogen and oxygen atoms in total. The number of nitrogens with zero attached hydrogens (tertiary/aromatic N) is 2. The second-order valence-electron chi connectivity index (χ2n) is 2.36. The lowest BCUT2D eigenvalue weighted by Crippen LogP contribution is -2.26. The van der Waals surface area contributed by atoms with Gasteiger partial charge < -0.3 is 5.01 Å². The molecule has 10 heavy (non-hydrogen) atoms. The van der Waals surface area contributed by atoms with Crippen LogP contribution in [0.3, 0.4) is 0 Å². The molecule has 0 bridgehead atoms. The number of hydrogen-bond acceptors (Lipinski definition) is 3. The summed E-state index contributed by atoms with van der Waals surface area (Å²) in [5.74, 6) is 0. The standard InChI is InChI=1S/C7H9N3/c1-10-7-3-2-4-8-6(7)5-9-10/h2-4,9H,5H2,1H3. The van der Waals surface area contributed by atoms with Crippen molar-refractivity contribution in [3.63, 3.8) is 0 Å². The van der Waals surface area contributed by atoms with Crippen molar-refractivity contribution in [2.24, 2.45) is 0 Å². The number of rotatable bonds is 0. The van der Waals surface area contributed by atoms with Crippen molar-refractivity contribution in [2.45, 2.75) is 6.54 Å². The predicted octanol–water partition coefficient (Wildman–Crippen LogP) is 0.536. The predicted molar refractivity (Wildman–Crippen MR) is 39.5 cm³/mol. The van der Waals surface area contributed by atoms with Gasteiger partial charge in [0, 0.05) is 13.2 Å². The van der Waals surface area contributed by atoms with Crippen LogP contribution in [-0.2, 0) is 6.54 Å². The Labute approximate surface area is 59.7 Å². The Balaban J connectivity index is 2.51. The largest absolute Gasteiger partial charge is 0.309 e. The lowest BCUT2D eigenvalue weighted by atomic mass is 10.3. The summed E-state index contributed by atoms with van der Waals surface area (Å²) in [6, 6.07) is 4.00. The van der Waals surface area contributed by atoms with Gasteiger partial charge in [0.25, 0.3) is 0 Å². The van der Waals surface area contributed by atoms with Crippen LogP contribution in [0.25, 0.3) is 0 Å². The van der Waals surface area contributed by atoms with Crippen molar-refractivity contribution in [2.75, 3.05) is 12.1 Å². The third-order valence-electron chi connectivity index (χ3n) is 1.71. The fraction of sp³-hybridized carbons (Fsp3) is 0.286. The molecule has 0 amide bonds. The van der Waals surface area contributed by atoms with Crippen molar-refractivity contribution in [1.29, 1.82) is 0 Å². The van der Waals surface area contributed by atoms with Gasteiger partial charge in [0.1, 0.15) is 0 Å². The van der Waals surface area contributed by atoms with Gasteiger partial charge in [-0.2, -0.15) is 0 Å². The van der Waals surface area contributed by atoms with Gasteiger partial charge in [0.15, 0.2) is 0 Å². The summed E-state index contributed by atoms with van der Waals surface area (Å²) in [5.41, 5.74) is 5.47. The molecule has 0 spiro atoms. The number of nitrogens with one attached hydrogen (secondary N) is 1. The second-order valence-corrected chi connectivity index (χ2v) is 2.36. The SMILES string of the molecule is CN1NCc2ncccc21. The Bertz CT molecular complexity index is 246. The molecule has 0 aliphatic carbocycles. The van der Waals surface area contributed by atoms with E-state index in [4.69, 9.17) is 0 Å². The smallest absolute Gasteiger partial charge is 0.0806 e. The first-order chi connectivity index (χ1) is 4.88. The highest BCUT2D eigenvalue weighted by Crippen LogP contribution is 2.19. The van der Waals surface area contributed by atoms with E-state index in [0.717, 1.165) is 12.2 Å². The zero-order valence-corrected chi connectivity index (χ0v) is 5.83. The molecular weight excluding hydrogens is 126 g/mol. The van der Waals surface area contributed by atoms with Gasteiger partial charge in [0.05, 0.1) is 17.9 Å². The minimum Gasteiger partial charge on any atom is -0.309 e. The molecule has 0 saturated heterocycles. The highest BCUT2D eigenvalue weighted by atomic mass is 15.5. The Kier molecular flexibility index (Phi) is 1.11. The Hall–Kier alpha value is -1.09. The van der Waals surface area contributed by atoms with Crippen LogP contribution in [0, 0.1) is 0 Å². The lowest BCUT2D eigenvalue weighted by Gasteiger charge is -2.09. The first kappa shape index (κ1) is 5.68. The molecule has 1 aromatic heterocycles. The number of pyridine rings is 1. The summed E-state index contributed by atoms with van der Waals surface area (Å²) in [5, 5.41) is 1.99. The molecule has 1 N–H and O–H groups in total. The normalized spacial score (nSPS) is 15.5. The van der Waals surface area contributed by atoms with Crippen LogP contribution in [0.5, 0.6) is 0 Å². The summed E-state index contributed by atoms with van der Waals surface area (Å²) >= 11 is 0. The molecule has 1 aromatic rings. The summed E-state index contributed by atoms with van der Waals surface area (Å²) in [6.07, 6.45) is 1.82. The Morgan fingerprint density at radius 2 is 2.60 bits per heavy atom. The van der Waals surface area contributed by atoms with Crippen molar-refractivity contribution in [1.82, 2.24) is 10.4 Å². The number of aromatic nitrogens is 1. The molecule has 2 heterocycles. The van der Waals surface area contributed by atoms with E-state index in [1.165, 1.54) is 5.69 Å². The van der Waals surface area contributed by atoms with Crippen molar-refractivity contribution in [3.05, 3.63) is 24.0 Å². The van der Waals surface area contributed by atoms with Gasteiger partial charge >= 0.3 is 0 Å². The maximum atomic E-state index is 4.21. The molecule has 0 saturated carbocycles. The number of anilines is 1. The topological polar surface area (TPSA) is 28.2 Å². The molecule has 1 aliphatic rings. The molecule has 0 fully saturated rings. The van der Waals surface area contributed by atoms with Gasteiger partial charge in [-0.05, 0) is 12.1 Å². The van der Waals surface area contributed by atoms with Crippen LogP contribution in [-0.4, -0.2) is 12.0 Å². The van der Waals surface area contributed by atoms with Crippen LogP contribution >= 0.6 is 0 Å². The van der Waals surface area contributed by atoms with Crippen molar-refractivity contribution < 1.29 is 0 Å². The summed E-state index contributed by atoms with van der Waals surface area (Å²) in [7, 11) is 1.99.